The molecule has 3 rings (SSSR count). The fraction of sp³-hybridized carbons (Fsp3) is 0.176. The summed E-state index contributed by atoms with van der Waals surface area (Å²) in [5.74, 6) is -1.74. The van der Waals surface area contributed by atoms with Gasteiger partial charge in [0.05, 0.1) is 16.8 Å². The number of carbonyl (C=O) groups excluding carboxylic acids is 2. The number of rotatable bonds is 3. The van der Waals surface area contributed by atoms with Gasteiger partial charge in [-0.15, -0.1) is 0 Å². The SMILES string of the molecule is COC(C)Nc1cc(O)c2c(c1O)C(=O)c1ccccc1C2=O. The second kappa shape index (κ2) is 5.40. The Morgan fingerprint density at radius 1 is 1.04 bits per heavy atom. The maximum atomic E-state index is 12.7. The van der Waals surface area contributed by atoms with Gasteiger partial charge >= 0.3 is 0 Å². The fourth-order valence-electron chi connectivity index (χ4n) is 2.65. The molecule has 6 heteroatoms. The van der Waals surface area contributed by atoms with Gasteiger partial charge in [-0.3, -0.25) is 9.59 Å². The third kappa shape index (κ3) is 2.24. The minimum Gasteiger partial charge on any atom is -0.507 e. The average Bonchev–Trinajstić information content (AvgIpc) is 2.55. The van der Waals surface area contributed by atoms with Crippen LogP contribution < -0.4 is 5.32 Å². The molecule has 1 atom stereocenters. The summed E-state index contributed by atoms with van der Waals surface area (Å²) >= 11 is 0. The van der Waals surface area contributed by atoms with Crippen LogP contribution in [-0.2, 0) is 4.74 Å². The Morgan fingerprint density at radius 3 is 2.17 bits per heavy atom. The molecule has 2 aromatic rings. The maximum Gasteiger partial charge on any atom is 0.198 e. The number of ketones is 2. The zero-order chi connectivity index (χ0) is 16.7. The normalized spacial score (nSPS) is 14.2. The van der Waals surface area contributed by atoms with E-state index in [9.17, 15) is 19.8 Å². The quantitative estimate of drug-likeness (QED) is 0.390. The lowest BCUT2D eigenvalue weighted by Gasteiger charge is -2.22. The van der Waals surface area contributed by atoms with E-state index < -0.39 is 17.8 Å². The number of anilines is 1. The Labute approximate surface area is 132 Å². The third-order valence-corrected chi connectivity index (χ3v) is 3.86. The van der Waals surface area contributed by atoms with E-state index in [-0.39, 0.29) is 39.4 Å². The first-order valence-corrected chi connectivity index (χ1v) is 7.02. The standard InChI is InChI=1S/C17H15NO5/c1-8(23-2)18-11-7-12(19)13-14(17(11)22)16(21)10-6-4-3-5-9(10)15(13)20/h3-8,18-19,22H,1-2H3. The molecule has 0 saturated carbocycles. The Kier molecular flexibility index (Phi) is 3.54. The van der Waals surface area contributed by atoms with E-state index in [2.05, 4.69) is 5.32 Å². The highest BCUT2D eigenvalue weighted by Gasteiger charge is 2.35. The van der Waals surface area contributed by atoms with Crippen LogP contribution in [0.2, 0.25) is 0 Å². The van der Waals surface area contributed by atoms with Crippen LogP contribution in [0.5, 0.6) is 11.5 Å². The molecule has 0 amide bonds. The van der Waals surface area contributed by atoms with Gasteiger partial charge in [0.25, 0.3) is 0 Å². The number of phenolic OH excluding ortho intramolecular Hbond substituents is 2. The molecule has 0 aromatic heterocycles. The van der Waals surface area contributed by atoms with Gasteiger partial charge in [0.1, 0.15) is 12.0 Å². The Hall–Kier alpha value is -2.86. The molecule has 0 spiro atoms. The van der Waals surface area contributed by atoms with Gasteiger partial charge in [-0.2, -0.15) is 0 Å². The molecule has 0 radical (unpaired) electrons. The lowest BCUT2D eigenvalue weighted by atomic mass is 9.82. The molecular weight excluding hydrogens is 298 g/mol. The smallest absolute Gasteiger partial charge is 0.198 e. The van der Waals surface area contributed by atoms with Crippen LogP contribution in [0.3, 0.4) is 0 Å². The first-order valence-electron chi connectivity index (χ1n) is 7.02. The third-order valence-electron chi connectivity index (χ3n) is 3.86. The molecular formula is C17H15NO5. The highest BCUT2D eigenvalue weighted by atomic mass is 16.5. The van der Waals surface area contributed by atoms with Crippen LogP contribution in [0.1, 0.15) is 38.8 Å². The van der Waals surface area contributed by atoms with Crippen molar-refractivity contribution in [3.05, 3.63) is 52.6 Å². The van der Waals surface area contributed by atoms with Crippen LogP contribution >= 0.6 is 0 Å². The molecule has 1 aliphatic carbocycles. The van der Waals surface area contributed by atoms with Crippen molar-refractivity contribution < 1.29 is 24.5 Å². The predicted octanol–water partition coefficient (Wildman–Crippen LogP) is 2.28. The number of hydrogen-bond donors (Lipinski definition) is 3. The number of ether oxygens (including phenoxy) is 1. The van der Waals surface area contributed by atoms with Gasteiger partial charge < -0.3 is 20.3 Å². The molecule has 3 N–H and O–H groups in total. The van der Waals surface area contributed by atoms with Gasteiger partial charge in [0.2, 0.25) is 0 Å². The van der Waals surface area contributed by atoms with Crippen molar-refractivity contribution in [1.29, 1.82) is 0 Å². The van der Waals surface area contributed by atoms with E-state index in [1.807, 2.05) is 0 Å². The van der Waals surface area contributed by atoms with E-state index in [1.165, 1.54) is 25.3 Å². The molecule has 6 nitrogen and oxygen atoms in total. The van der Waals surface area contributed by atoms with E-state index in [1.54, 1.807) is 19.1 Å². The summed E-state index contributed by atoms with van der Waals surface area (Å²) in [7, 11) is 1.47. The monoisotopic (exact) mass is 313 g/mol. The molecule has 1 aliphatic rings. The van der Waals surface area contributed by atoms with Crippen molar-refractivity contribution in [2.24, 2.45) is 0 Å². The number of fused-ring (bicyclic) bond motifs is 2. The lowest BCUT2D eigenvalue weighted by molar-refractivity contribution is 0.0974. The highest BCUT2D eigenvalue weighted by Crippen LogP contribution is 2.42. The van der Waals surface area contributed by atoms with Crippen molar-refractivity contribution in [2.75, 3.05) is 12.4 Å². The van der Waals surface area contributed by atoms with Crippen LogP contribution in [0.4, 0.5) is 5.69 Å². The lowest BCUT2D eigenvalue weighted by Crippen LogP contribution is -2.23. The number of phenols is 2. The Bertz CT molecular complexity index is 828. The number of benzene rings is 2. The van der Waals surface area contributed by atoms with Crippen molar-refractivity contribution in [1.82, 2.24) is 0 Å². The molecule has 23 heavy (non-hydrogen) atoms. The topological polar surface area (TPSA) is 95.9 Å². The van der Waals surface area contributed by atoms with E-state index in [0.29, 0.717) is 0 Å². The van der Waals surface area contributed by atoms with Gasteiger partial charge in [0.15, 0.2) is 17.3 Å². The van der Waals surface area contributed by atoms with Crippen LogP contribution in [-0.4, -0.2) is 35.1 Å². The second-order valence-electron chi connectivity index (χ2n) is 5.27. The molecule has 1 unspecified atom stereocenters. The fourth-order valence-corrected chi connectivity index (χ4v) is 2.65. The maximum absolute atomic E-state index is 12.7. The molecule has 118 valence electrons. The molecule has 0 heterocycles. The summed E-state index contributed by atoms with van der Waals surface area (Å²) in [6, 6.07) is 7.53. The predicted molar refractivity (Wildman–Crippen MR) is 83.2 cm³/mol. The van der Waals surface area contributed by atoms with Gasteiger partial charge in [-0.25, -0.2) is 0 Å². The number of hydrogen-bond acceptors (Lipinski definition) is 6. The summed E-state index contributed by atoms with van der Waals surface area (Å²) in [5, 5.41) is 23.4. The van der Waals surface area contributed by atoms with Crippen molar-refractivity contribution >= 4 is 17.3 Å². The first kappa shape index (κ1) is 15.1. The first-order chi connectivity index (χ1) is 11.0. The molecule has 0 fully saturated rings. The number of nitrogens with one attached hydrogen (secondary N) is 1. The minimum atomic E-state index is -0.503. The number of methoxy groups -OCH3 is 1. The molecule has 0 aliphatic heterocycles. The van der Waals surface area contributed by atoms with Crippen LogP contribution in [0.25, 0.3) is 0 Å². The number of carbonyl (C=O) groups is 2. The second-order valence-corrected chi connectivity index (χ2v) is 5.27. The van der Waals surface area contributed by atoms with Crippen LogP contribution in [0.15, 0.2) is 30.3 Å². The summed E-state index contributed by atoms with van der Waals surface area (Å²) < 4.78 is 5.04. The molecule has 0 bridgehead atoms. The zero-order valence-corrected chi connectivity index (χ0v) is 12.6. The summed E-state index contributed by atoms with van der Waals surface area (Å²) in [5.41, 5.74) is 0.166. The Balaban J connectivity index is 2.22. The van der Waals surface area contributed by atoms with Gasteiger partial charge in [0, 0.05) is 24.3 Å². The highest BCUT2D eigenvalue weighted by molar-refractivity contribution is 6.30. The van der Waals surface area contributed by atoms with Gasteiger partial charge in [-0.05, 0) is 6.92 Å². The zero-order valence-electron chi connectivity index (χ0n) is 12.6. The Morgan fingerprint density at radius 2 is 1.61 bits per heavy atom. The largest absolute Gasteiger partial charge is 0.507 e. The van der Waals surface area contributed by atoms with E-state index in [4.69, 9.17) is 4.74 Å². The summed E-state index contributed by atoms with van der Waals surface area (Å²) in [6.45, 7) is 1.69. The summed E-state index contributed by atoms with van der Waals surface area (Å²) in [4.78, 5) is 25.2. The van der Waals surface area contributed by atoms with Crippen LogP contribution in [0, 0.1) is 0 Å². The summed E-state index contributed by atoms with van der Waals surface area (Å²) in [6.07, 6.45) is -0.458. The van der Waals surface area contributed by atoms with Gasteiger partial charge in [-0.1, -0.05) is 24.3 Å². The minimum absolute atomic E-state index is 0.121. The molecule has 2 aromatic carbocycles. The number of aromatic hydroxyl groups is 2. The van der Waals surface area contributed by atoms with E-state index >= 15 is 0 Å². The van der Waals surface area contributed by atoms with E-state index in [0.717, 1.165) is 0 Å². The van der Waals surface area contributed by atoms with Crippen molar-refractivity contribution in [2.45, 2.75) is 13.2 Å². The molecule has 0 saturated heterocycles. The average molecular weight is 313 g/mol. The van der Waals surface area contributed by atoms with Crippen molar-refractivity contribution in [3.8, 4) is 11.5 Å². The van der Waals surface area contributed by atoms with Crippen molar-refractivity contribution in [3.63, 3.8) is 0 Å².